The maximum absolute atomic E-state index is 5.72. The van der Waals surface area contributed by atoms with Crippen LogP contribution in [0, 0.1) is 0 Å². The van der Waals surface area contributed by atoms with Crippen LogP contribution in [0.4, 0.5) is 0 Å². The average molecular weight is 192 g/mol. The van der Waals surface area contributed by atoms with Crippen LogP contribution in [-0.4, -0.2) is 19.3 Å². The van der Waals surface area contributed by atoms with Crippen molar-refractivity contribution in [1.29, 1.82) is 0 Å². The number of rotatable bonds is 4. The molecular weight excluding hydrogens is 176 g/mol. The van der Waals surface area contributed by atoms with Crippen molar-refractivity contribution in [2.45, 2.75) is 31.7 Å². The van der Waals surface area contributed by atoms with Gasteiger partial charge in [-0.2, -0.15) is 0 Å². The van der Waals surface area contributed by atoms with E-state index in [1.807, 2.05) is 18.2 Å². The molecule has 1 aliphatic carbocycles. The molecule has 0 heterocycles. The minimum Gasteiger partial charge on any atom is -0.381 e. The predicted octanol–water partition coefficient (Wildman–Crippen LogP) is 2.38. The highest BCUT2D eigenvalue weighted by molar-refractivity contribution is 5.13. The molecule has 0 spiro atoms. The molecule has 1 saturated carbocycles. The third-order valence-corrected chi connectivity index (χ3v) is 2.71. The van der Waals surface area contributed by atoms with Crippen molar-refractivity contribution < 1.29 is 9.47 Å². The van der Waals surface area contributed by atoms with Crippen LogP contribution >= 0.6 is 0 Å². The van der Waals surface area contributed by atoms with Crippen molar-refractivity contribution in [3.63, 3.8) is 0 Å². The Kier molecular flexibility index (Phi) is 3.17. The Morgan fingerprint density at radius 1 is 1.14 bits per heavy atom. The van der Waals surface area contributed by atoms with Crippen molar-refractivity contribution in [2.75, 3.05) is 7.11 Å². The lowest BCUT2D eigenvalue weighted by Gasteiger charge is -2.33. The third kappa shape index (κ3) is 2.34. The first-order valence-corrected chi connectivity index (χ1v) is 5.07. The van der Waals surface area contributed by atoms with Gasteiger partial charge in [0, 0.05) is 7.11 Å². The predicted molar refractivity (Wildman–Crippen MR) is 55.1 cm³/mol. The molecule has 1 aromatic carbocycles. The summed E-state index contributed by atoms with van der Waals surface area (Å²) in [5.41, 5.74) is 1.24. The molecule has 1 aromatic rings. The van der Waals surface area contributed by atoms with Gasteiger partial charge in [0.1, 0.15) is 0 Å². The Morgan fingerprint density at radius 3 is 2.50 bits per heavy atom. The van der Waals surface area contributed by atoms with E-state index in [-0.39, 0.29) is 0 Å². The van der Waals surface area contributed by atoms with Gasteiger partial charge in [-0.15, -0.1) is 0 Å². The van der Waals surface area contributed by atoms with E-state index in [1.54, 1.807) is 7.11 Å². The molecule has 0 radical (unpaired) electrons. The Balaban J connectivity index is 1.69. The van der Waals surface area contributed by atoms with Gasteiger partial charge in [-0.3, -0.25) is 0 Å². The molecule has 2 heteroatoms. The lowest BCUT2D eigenvalue weighted by molar-refractivity contribution is -0.0928. The van der Waals surface area contributed by atoms with E-state index in [0.717, 1.165) is 19.4 Å². The topological polar surface area (TPSA) is 18.5 Å². The van der Waals surface area contributed by atoms with Crippen LogP contribution in [0.5, 0.6) is 0 Å². The summed E-state index contributed by atoms with van der Waals surface area (Å²) in [6.07, 6.45) is 2.92. The second kappa shape index (κ2) is 4.58. The van der Waals surface area contributed by atoms with Crippen molar-refractivity contribution in [1.82, 2.24) is 0 Å². The van der Waals surface area contributed by atoms with Gasteiger partial charge in [-0.05, 0) is 18.4 Å². The molecule has 0 atom stereocenters. The van der Waals surface area contributed by atoms with Gasteiger partial charge in [0.2, 0.25) is 0 Å². The molecule has 0 saturated heterocycles. The molecule has 2 nitrogen and oxygen atoms in total. The van der Waals surface area contributed by atoms with Crippen LogP contribution < -0.4 is 0 Å². The molecule has 76 valence electrons. The molecule has 0 unspecified atom stereocenters. The quantitative estimate of drug-likeness (QED) is 0.729. The molecular formula is C12H16O2. The Bertz CT molecular complexity index is 265. The maximum atomic E-state index is 5.72. The summed E-state index contributed by atoms with van der Waals surface area (Å²) in [5.74, 6) is 0. The van der Waals surface area contributed by atoms with E-state index < -0.39 is 0 Å². The van der Waals surface area contributed by atoms with Crippen LogP contribution in [0.3, 0.4) is 0 Å². The van der Waals surface area contributed by atoms with Gasteiger partial charge < -0.3 is 9.47 Å². The van der Waals surface area contributed by atoms with Gasteiger partial charge in [0.05, 0.1) is 18.8 Å². The first-order valence-electron chi connectivity index (χ1n) is 5.07. The highest BCUT2D eigenvalue weighted by Crippen LogP contribution is 2.26. The zero-order valence-corrected chi connectivity index (χ0v) is 8.48. The number of ether oxygens (including phenoxy) is 2. The molecule has 14 heavy (non-hydrogen) atoms. The van der Waals surface area contributed by atoms with E-state index in [2.05, 4.69) is 12.1 Å². The summed E-state index contributed by atoms with van der Waals surface area (Å²) < 4.78 is 10.9. The second-order valence-corrected chi connectivity index (χ2v) is 3.75. The number of benzene rings is 1. The molecule has 0 bridgehead atoms. The lowest BCUT2D eigenvalue weighted by atomic mass is 9.92. The molecule has 0 aromatic heterocycles. The summed E-state index contributed by atoms with van der Waals surface area (Å²) in [5, 5.41) is 0. The Hall–Kier alpha value is -0.860. The number of methoxy groups -OCH3 is 1. The highest BCUT2D eigenvalue weighted by Gasteiger charge is 2.29. The number of hydrogen-bond acceptors (Lipinski definition) is 2. The minimum absolute atomic E-state index is 0.403. The molecule has 2 rings (SSSR count). The zero-order chi connectivity index (χ0) is 9.80. The fraction of sp³-hybridized carbons (Fsp3) is 0.500. The lowest BCUT2D eigenvalue weighted by Crippen LogP contribution is -2.36. The van der Waals surface area contributed by atoms with E-state index in [9.17, 15) is 0 Å². The largest absolute Gasteiger partial charge is 0.381 e. The standard InChI is InChI=1S/C12H16O2/c1-13-11-7-12(8-11)14-9-10-5-3-2-4-6-10/h2-6,11-12H,7-9H2,1H3/t11-,12+. The fourth-order valence-corrected chi connectivity index (χ4v) is 1.63. The summed E-state index contributed by atoms with van der Waals surface area (Å²) in [4.78, 5) is 0. The van der Waals surface area contributed by atoms with Gasteiger partial charge in [-0.1, -0.05) is 30.3 Å². The summed E-state index contributed by atoms with van der Waals surface area (Å²) in [6.45, 7) is 0.724. The number of hydrogen-bond donors (Lipinski definition) is 0. The second-order valence-electron chi connectivity index (χ2n) is 3.75. The first-order chi connectivity index (χ1) is 6.88. The summed E-state index contributed by atoms with van der Waals surface area (Å²) >= 11 is 0. The molecule has 0 amide bonds. The average Bonchev–Trinajstić information content (AvgIpc) is 2.17. The summed E-state index contributed by atoms with van der Waals surface area (Å²) in [6, 6.07) is 10.3. The van der Waals surface area contributed by atoms with E-state index in [1.165, 1.54) is 5.56 Å². The molecule has 1 aliphatic rings. The van der Waals surface area contributed by atoms with Gasteiger partial charge >= 0.3 is 0 Å². The maximum Gasteiger partial charge on any atom is 0.0720 e. The molecule has 1 fully saturated rings. The normalized spacial score (nSPS) is 25.8. The SMILES string of the molecule is CO[C@H]1C[C@@H](OCc2ccccc2)C1. The van der Waals surface area contributed by atoms with E-state index >= 15 is 0 Å². The van der Waals surface area contributed by atoms with Crippen LogP contribution in [0.1, 0.15) is 18.4 Å². The van der Waals surface area contributed by atoms with Crippen molar-refractivity contribution in [3.8, 4) is 0 Å². The smallest absolute Gasteiger partial charge is 0.0720 e. The van der Waals surface area contributed by atoms with Gasteiger partial charge in [-0.25, -0.2) is 0 Å². The Labute approximate surface area is 84.8 Å². The minimum atomic E-state index is 0.403. The van der Waals surface area contributed by atoms with Gasteiger partial charge in [0.15, 0.2) is 0 Å². The van der Waals surface area contributed by atoms with Gasteiger partial charge in [0.25, 0.3) is 0 Å². The van der Waals surface area contributed by atoms with Crippen LogP contribution in [-0.2, 0) is 16.1 Å². The molecule has 0 N–H and O–H groups in total. The first kappa shape index (κ1) is 9.69. The van der Waals surface area contributed by atoms with Crippen molar-refractivity contribution in [2.24, 2.45) is 0 Å². The van der Waals surface area contributed by atoms with Crippen molar-refractivity contribution >= 4 is 0 Å². The van der Waals surface area contributed by atoms with E-state index in [4.69, 9.17) is 9.47 Å². The van der Waals surface area contributed by atoms with Crippen molar-refractivity contribution in [3.05, 3.63) is 35.9 Å². The molecule has 0 aliphatic heterocycles. The third-order valence-electron chi connectivity index (χ3n) is 2.71. The van der Waals surface area contributed by atoms with E-state index in [0.29, 0.717) is 12.2 Å². The zero-order valence-electron chi connectivity index (χ0n) is 8.48. The van der Waals surface area contributed by atoms with Crippen LogP contribution in [0.2, 0.25) is 0 Å². The van der Waals surface area contributed by atoms with Crippen LogP contribution in [0.15, 0.2) is 30.3 Å². The summed E-state index contributed by atoms with van der Waals surface area (Å²) in [7, 11) is 1.76. The monoisotopic (exact) mass is 192 g/mol. The van der Waals surface area contributed by atoms with Crippen LogP contribution in [0.25, 0.3) is 0 Å². The highest BCUT2D eigenvalue weighted by atomic mass is 16.5. The fourth-order valence-electron chi connectivity index (χ4n) is 1.63. The Morgan fingerprint density at radius 2 is 1.86 bits per heavy atom.